The normalized spacial score (nSPS) is 17.4. The summed E-state index contributed by atoms with van der Waals surface area (Å²) >= 11 is 0. The third-order valence-corrected chi connectivity index (χ3v) is 4.50. The highest BCUT2D eigenvalue weighted by Crippen LogP contribution is 2.30. The standard InChI is InChI=1S/C18H19FN4O2/c1-4-14(24)17-16(19)9(2)12(8-22-17)11-5-10-7-21-15(20)6-13(10)23(3)18(11)25/h5-8,17,22H,4H2,1-3H3,(H2,20,21). The predicted molar refractivity (Wildman–Crippen MR) is 95.4 cm³/mol. The van der Waals surface area contributed by atoms with Gasteiger partial charge in [-0.15, -0.1) is 0 Å². The van der Waals surface area contributed by atoms with Crippen LogP contribution in [0.1, 0.15) is 25.8 Å². The van der Waals surface area contributed by atoms with Crippen molar-refractivity contribution < 1.29 is 9.18 Å². The lowest BCUT2D eigenvalue weighted by Gasteiger charge is -2.23. The number of aryl methyl sites for hydroxylation is 1. The van der Waals surface area contributed by atoms with Crippen LogP contribution >= 0.6 is 0 Å². The Morgan fingerprint density at radius 1 is 1.44 bits per heavy atom. The molecule has 25 heavy (non-hydrogen) atoms. The van der Waals surface area contributed by atoms with E-state index in [4.69, 9.17) is 5.73 Å². The Morgan fingerprint density at radius 2 is 2.16 bits per heavy atom. The molecule has 1 atom stereocenters. The predicted octanol–water partition coefficient (Wildman–Crippen LogP) is 2.05. The maximum absolute atomic E-state index is 14.6. The van der Waals surface area contributed by atoms with E-state index < -0.39 is 11.9 Å². The van der Waals surface area contributed by atoms with E-state index in [-0.39, 0.29) is 23.3 Å². The Kier molecular flexibility index (Phi) is 4.16. The van der Waals surface area contributed by atoms with E-state index in [1.165, 1.54) is 10.8 Å². The minimum atomic E-state index is -0.987. The molecule has 1 unspecified atom stereocenters. The fourth-order valence-electron chi connectivity index (χ4n) is 2.98. The molecule has 2 aromatic rings. The lowest BCUT2D eigenvalue weighted by atomic mass is 9.93. The molecular weight excluding hydrogens is 323 g/mol. The van der Waals surface area contributed by atoms with Crippen LogP contribution in [0.5, 0.6) is 0 Å². The zero-order valence-electron chi connectivity index (χ0n) is 14.3. The number of carbonyl (C=O) groups excluding carboxylic acids is 1. The summed E-state index contributed by atoms with van der Waals surface area (Å²) in [6.45, 7) is 3.26. The summed E-state index contributed by atoms with van der Waals surface area (Å²) in [5.74, 6) is -0.475. The van der Waals surface area contributed by atoms with Gasteiger partial charge >= 0.3 is 0 Å². The van der Waals surface area contributed by atoms with Crippen LogP contribution in [0, 0.1) is 0 Å². The van der Waals surface area contributed by atoms with Gasteiger partial charge < -0.3 is 15.6 Å². The van der Waals surface area contributed by atoms with Gasteiger partial charge in [-0.3, -0.25) is 9.59 Å². The van der Waals surface area contributed by atoms with Crippen molar-refractivity contribution in [1.82, 2.24) is 14.9 Å². The van der Waals surface area contributed by atoms with Gasteiger partial charge in [0.15, 0.2) is 5.78 Å². The van der Waals surface area contributed by atoms with Crippen molar-refractivity contribution in [2.45, 2.75) is 26.3 Å². The van der Waals surface area contributed by atoms with E-state index in [0.717, 1.165) is 0 Å². The minimum absolute atomic E-state index is 0.229. The molecule has 0 fully saturated rings. The Balaban J connectivity index is 2.16. The summed E-state index contributed by atoms with van der Waals surface area (Å²) in [5.41, 5.74) is 7.10. The van der Waals surface area contributed by atoms with Crippen molar-refractivity contribution in [1.29, 1.82) is 0 Å². The Morgan fingerprint density at radius 3 is 2.84 bits per heavy atom. The lowest BCUT2D eigenvalue weighted by molar-refractivity contribution is -0.120. The number of aromatic nitrogens is 2. The summed E-state index contributed by atoms with van der Waals surface area (Å²) < 4.78 is 16.1. The molecule has 0 spiro atoms. The van der Waals surface area contributed by atoms with Crippen molar-refractivity contribution in [3.63, 3.8) is 0 Å². The molecule has 0 radical (unpaired) electrons. The first-order valence-electron chi connectivity index (χ1n) is 7.96. The summed E-state index contributed by atoms with van der Waals surface area (Å²) in [5, 5.41) is 3.49. The number of dihydropyridines is 1. The Bertz CT molecular complexity index is 1000. The molecule has 1 aliphatic rings. The van der Waals surface area contributed by atoms with Crippen LogP contribution < -0.4 is 16.6 Å². The average Bonchev–Trinajstić information content (AvgIpc) is 2.60. The zero-order valence-corrected chi connectivity index (χ0v) is 14.3. The number of hydrogen-bond acceptors (Lipinski definition) is 5. The molecule has 0 saturated heterocycles. The molecule has 6 nitrogen and oxygen atoms in total. The molecule has 0 saturated carbocycles. The maximum atomic E-state index is 14.6. The number of nitrogens with one attached hydrogen (secondary N) is 1. The number of ketones is 1. The maximum Gasteiger partial charge on any atom is 0.258 e. The van der Waals surface area contributed by atoms with Crippen molar-refractivity contribution in [3.8, 4) is 0 Å². The highest BCUT2D eigenvalue weighted by Gasteiger charge is 2.28. The quantitative estimate of drug-likeness (QED) is 0.891. The lowest BCUT2D eigenvalue weighted by Crippen LogP contribution is -2.37. The van der Waals surface area contributed by atoms with Crippen molar-refractivity contribution in [2.24, 2.45) is 7.05 Å². The van der Waals surface area contributed by atoms with Gasteiger partial charge in [0, 0.05) is 48.5 Å². The number of nitrogen functional groups attached to an aromatic ring is 1. The van der Waals surface area contributed by atoms with E-state index in [9.17, 15) is 14.0 Å². The molecule has 0 bridgehead atoms. The molecule has 3 heterocycles. The van der Waals surface area contributed by atoms with E-state index in [0.29, 0.717) is 27.9 Å². The SMILES string of the molecule is CCC(=O)C1NC=C(c2cc3cnc(N)cc3n(C)c2=O)C(C)=C1F. The van der Waals surface area contributed by atoms with E-state index in [1.807, 2.05) is 0 Å². The monoisotopic (exact) mass is 342 g/mol. The number of allylic oxidation sites excluding steroid dienone is 2. The zero-order chi connectivity index (χ0) is 18.3. The van der Waals surface area contributed by atoms with Crippen LogP contribution in [0.15, 0.2) is 40.7 Å². The van der Waals surface area contributed by atoms with Gasteiger partial charge in [0.25, 0.3) is 5.56 Å². The number of Topliss-reactive ketones (excluding diaryl/α,β-unsaturated/α-hetero) is 1. The van der Waals surface area contributed by atoms with Crippen LogP contribution in [-0.4, -0.2) is 21.4 Å². The van der Waals surface area contributed by atoms with Gasteiger partial charge in [-0.25, -0.2) is 9.37 Å². The second-order valence-electron chi connectivity index (χ2n) is 6.04. The Labute approximate surface area is 143 Å². The number of halogens is 1. The third-order valence-electron chi connectivity index (χ3n) is 4.50. The molecule has 0 amide bonds. The number of anilines is 1. The van der Waals surface area contributed by atoms with Gasteiger partial charge in [-0.1, -0.05) is 6.92 Å². The average molecular weight is 342 g/mol. The van der Waals surface area contributed by atoms with Crippen LogP contribution in [0.2, 0.25) is 0 Å². The van der Waals surface area contributed by atoms with Gasteiger partial charge in [0.2, 0.25) is 0 Å². The second-order valence-corrected chi connectivity index (χ2v) is 6.04. The molecule has 130 valence electrons. The number of fused-ring (bicyclic) bond motifs is 1. The van der Waals surface area contributed by atoms with Gasteiger partial charge in [-0.2, -0.15) is 0 Å². The number of pyridine rings is 2. The molecule has 7 heteroatoms. The van der Waals surface area contributed by atoms with E-state index >= 15 is 0 Å². The molecular formula is C18H19FN4O2. The first-order valence-corrected chi connectivity index (χ1v) is 7.96. The summed E-state index contributed by atoms with van der Waals surface area (Å²) in [4.78, 5) is 28.6. The van der Waals surface area contributed by atoms with Crippen LogP contribution in [-0.2, 0) is 11.8 Å². The van der Waals surface area contributed by atoms with Crippen molar-refractivity contribution in [2.75, 3.05) is 5.73 Å². The number of nitrogens with two attached hydrogens (primary N) is 1. The molecule has 1 aliphatic heterocycles. The number of rotatable bonds is 3. The largest absolute Gasteiger partial charge is 0.384 e. The van der Waals surface area contributed by atoms with Crippen LogP contribution in [0.4, 0.5) is 10.2 Å². The topological polar surface area (TPSA) is 90.0 Å². The highest BCUT2D eigenvalue weighted by atomic mass is 19.1. The van der Waals surface area contributed by atoms with E-state index in [1.54, 1.807) is 39.2 Å². The van der Waals surface area contributed by atoms with E-state index in [2.05, 4.69) is 10.3 Å². The molecule has 2 aromatic heterocycles. The summed E-state index contributed by atoms with van der Waals surface area (Å²) in [6, 6.07) is 2.29. The van der Waals surface area contributed by atoms with Crippen LogP contribution in [0.3, 0.4) is 0 Å². The number of hydrogen-bond donors (Lipinski definition) is 2. The van der Waals surface area contributed by atoms with Gasteiger partial charge in [0.1, 0.15) is 17.7 Å². The van der Waals surface area contributed by atoms with Crippen LogP contribution in [0.25, 0.3) is 16.5 Å². The molecule has 0 aliphatic carbocycles. The minimum Gasteiger partial charge on any atom is -0.384 e. The summed E-state index contributed by atoms with van der Waals surface area (Å²) in [6.07, 6.45) is 3.33. The number of carbonyl (C=O) groups is 1. The third kappa shape index (κ3) is 2.71. The van der Waals surface area contributed by atoms with Crippen molar-refractivity contribution in [3.05, 3.63) is 51.8 Å². The fourth-order valence-corrected chi connectivity index (χ4v) is 2.98. The summed E-state index contributed by atoms with van der Waals surface area (Å²) in [7, 11) is 1.63. The van der Waals surface area contributed by atoms with Crippen molar-refractivity contribution >= 4 is 28.1 Å². The van der Waals surface area contributed by atoms with Gasteiger partial charge in [0.05, 0.1) is 5.52 Å². The Hall–Kier alpha value is -2.96. The first kappa shape index (κ1) is 16.9. The fraction of sp³-hybridized carbons (Fsp3) is 0.278. The van der Waals surface area contributed by atoms with Gasteiger partial charge in [-0.05, 0) is 18.6 Å². The molecule has 0 aromatic carbocycles. The second kappa shape index (κ2) is 6.16. The molecule has 3 N–H and O–H groups in total. The number of nitrogens with zero attached hydrogens (tertiary/aromatic N) is 2. The highest BCUT2D eigenvalue weighted by molar-refractivity contribution is 5.92. The smallest absolute Gasteiger partial charge is 0.258 e. The first-order chi connectivity index (χ1) is 11.8. The molecule has 3 rings (SSSR count).